The number of hydrogen-bond acceptors (Lipinski definition) is 3. The van der Waals surface area contributed by atoms with Gasteiger partial charge >= 0.3 is 0 Å². The predicted octanol–water partition coefficient (Wildman–Crippen LogP) is 4.50. The summed E-state index contributed by atoms with van der Waals surface area (Å²) in [6.45, 7) is 2.03. The minimum absolute atomic E-state index is 0.100. The number of methoxy groups -OCH3 is 1. The summed E-state index contributed by atoms with van der Waals surface area (Å²) < 4.78 is 7.34. The first-order valence-electron chi connectivity index (χ1n) is 9.11. The summed E-state index contributed by atoms with van der Waals surface area (Å²) in [6.07, 6.45) is 4.19. The number of amides is 1. The smallest absolute Gasteiger partial charge is 0.228 e. The van der Waals surface area contributed by atoms with E-state index in [0.29, 0.717) is 5.75 Å². The van der Waals surface area contributed by atoms with Crippen molar-refractivity contribution in [2.45, 2.75) is 13.3 Å². The van der Waals surface area contributed by atoms with Crippen molar-refractivity contribution in [3.63, 3.8) is 0 Å². The number of carbonyl (C=O) groups excluding carboxylic acids is 1. The SMILES string of the molecule is COc1ccccc1CC(=O)Nc1ccccc1-c1cn2cccc(C)c2n1. The number of para-hydroxylation sites is 2. The minimum atomic E-state index is -0.100. The summed E-state index contributed by atoms with van der Waals surface area (Å²) in [4.78, 5) is 17.4. The van der Waals surface area contributed by atoms with Crippen molar-refractivity contribution in [1.29, 1.82) is 0 Å². The summed E-state index contributed by atoms with van der Waals surface area (Å²) in [6, 6.07) is 19.3. The van der Waals surface area contributed by atoms with Gasteiger partial charge in [0, 0.05) is 23.5 Å². The molecule has 2 heterocycles. The maximum atomic E-state index is 12.7. The molecule has 0 fully saturated rings. The molecule has 0 bridgehead atoms. The fourth-order valence-corrected chi connectivity index (χ4v) is 3.32. The van der Waals surface area contributed by atoms with Crippen molar-refractivity contribution in [2.75, 3.05) is 12.4 Å². The highest BCUT2D eigenvalue weighted by Crippen LogP contribution is 2.28. The van der Waals surface area contributed by atoms with E-state index in [2.05, 4.69) is 5.32 Å². The number of nitrogens with one attached hydrogen (secondary N) is 1. The topological polar surface area (TPSA) is 55.6 Å². The third-order valence-electron chi connectivity index (χ3n) is 4.70. The summed E-state index contributed by atoms with van der Waals surface area (Å²) in [5.74, 6) is 0.610. The zero-order valence-corrected chi connectivity index (χ0v) is 15.8. The third kappa shape index (κ3) is 3.47. The van der Waals surface area contributed by atoms with Gasteiger partial charge in [-0.1, -0.05) is 42.5 Å². The minimum Gasteiger partial charge on any atom is -0.496 e. The molecular weight excluding hydrogens is 350 g/mol. The van der Waals surface area contributed by atoms with Crippen molar-refractivity contribution in [3.05, 3.63) is 84.2 Å². The van der Waals surface area contributed by atoms with Crippen LogP contribution in [0.3, 0.4) is 0 Å². The van der Waals surface area contributed by atoms with Gasteiger partial charge in [0.2, 0.25) is 5.91 Å². The lowest BCUT2D eigenvalue weighted by molar-refractivity contribution is -0.115. The maximum Gasteiger partial charge on any atom is 0.228 e. The Morgan fingerprint density at radius 2 is 1.86 bits per heavy atom. The van der Waals surface area contributed by atoms with Crippen molar-refractivity contribution in [2.24, 2.45) is 0 Å². The number of pyridine rings is 1. The van der Waals surface area contributed by atoms with E-state index < -0.39 is 0 Å². The molecule has 1 N–H and O–H groups in total. The summed E-state index contributed by atoms with van der Waals surface area (Å²) in [5, 5.41) is 3.02. The number of anilines is 1. The summed E-state index contributed by atoms with van der Waals surface area (Å²) >= 11 is 0. The summed E-state index contributed by atoms with van der Waals surface area (Å²) in [7, 11) is 1.61. The fraction of sp³-hybridized carbons (Fsp3) is 0.130. The quantitative estimate of drug-likeness (QED) is 0.562. The molecule has 0 aliphatic heterocycles. The number of fused-ring (bicyclic) bond motifs is 1. The van der Waals surface area contributed by atoms with E-state index in [4.69, 9.17) is 9.72 Å². The van der Waals surface area contributed by atoms with Crippen LogP contribution in [0.15, 0.2) is 73.1 Å². The second-order valence-corrected chi connectivity index (χ2v) is 6.63. The van der Waals surface area contributed by atoms with Crippen LogP contribution in [-0.2, 0) is 11.2 Å². The van der Waals surface area contributed by atoms with Crippen LogP contribution in [0.5, 0.6) is 5.75 Å². The van der Waals surface area contributed by atoms with E-state index in [0.717, 1.165) is 33.7 Å². The number of hydrogen-bond donors (Lipinski definition) is 1. The number of benzene rings is 2. The highest BCUT2D eigenvalue weighted by atomic mass is 16.5. The molecule has 140 valence electrons. The first-order chi connectivity index (χ1) is 13.7. The van der Waals surface area contributed by atoms with Gasteiger partial charge in [0.1, 0.15) is 11.4 Å². The van der Waals surface area contributed by atoms with Gasteiger partial charge < -0.3 is 14.5 Å². The van der Waals surface area contributed by atoms with Gasteiger partial charge in [0.05, 0.1) is 24.9 Å². The predicted molar refractivity (Wildman–Crippen MR) is 111 cm³/mol. The van der Waals surface area contributed by atoms with Crippen molar-refractivity contribution < 1.29 is 9.53 Å². The number of aromatic nitrogens is 2. The van der Waals surface area contributed by atoms with Crippen LogP contribution in [0.2, 0.25) is 0 Å². The van der Waals surface area contributed by atoms with E-state index in [-0.39, 0.29) is 12.3 Å². The molecule has 0 spiro atoms. The van der Waals surface area contributed by atoms with Crippen molar-refractivity contribution >= 4 is 17.2 Å². The van der Waals surface area contributed by atoms with Gasteiger partial charge in [-0.3, -0.25) is 4.79 Å². The Kier molecular flexibility index (Phi) is 4.81. The van der Waals surface area contributed by atoms with Crippen molar-refractivity contribution in [1.82, 2.24) is 9.38 Å². The Bertz CT molecular complexity index is 1150. The second kappa shape index (κ2) is 7.56. The standard InChI is InChI=1S/C23H21N3O2/c1-16-8-7-13-26-15-20(25-23(16)26)18-10-4-5-11-19(18)24-22(27)14-17-9-3-6-12-21(17)28-2/h3-13,15H,14H2,1-2H3,(H,24,27). The fourth-order valence-electron chi connectivity index (χ4n) is 3.32. The molecule has 0 radical (unpaired) electrons. The normalized spacial score (nSPS) is 10.8. The molecule has 0 unspecified atom stereocenters. The molecule has 1 amide bonds. The van der Waals surface area contributed by atoms with Gasteiger partial charge in [0.25, 0.3) is 0 Å². The molecule has 0 saturated carbocycles. The third-order valence-corrected chi connectivity index (χ3v) is 4.70. The first-order valence-corrected chi connectivity index (χ1v) is 9.11. The van der Waals surface area contributed by atoms with Gasteiger partial charge in [-0.05, 0) is 30.7 Å². The average Bonchev–Trinajstić information content (AvgIpc) is 3.14. The highest BCUT2D eigenvalue weighted by Gasteiger charge is 2.13. The van der Waals surface area contributed by atoms with Crippen LogP contribution in [0.25, 0.3) is 16.9 Å². The molecular formula is C23H21N3O2. The Morgan fingerprint density at radius 1 is 1.07 bits per heavy atom. The van der Waals surface area contributed by atoms with E-state index >= 15 is 0 Å². The first kappa shape index (κ1) is 17.8. The zero-order valence-electron chi connectivity index (χ0n) is 15.8. The lowest BCUT2D eigenvalue weighted by Gasteiger charge is -2.11. The van der Waals surface area contributed by atoms with E-state index in [1.807, 2.05) is 84.4 Å². The molecule has 5 nitrogen and oxygen atoms in total. The molecule has 28 heavy (non-hydrogen) atoms. The van der Waals surface area contributed by atoms with Gasteiger partial charge in [0.15, 0.2) is 0 Å². The molecule has 0 aliphatic carbocycles. The molecule has 2 aromatic heterocycles. The monoisotopic (exact) mass is 371 g/mol. The van der Waals surface area contributed by atoms with E-state index in [9.17, 15) is 4.79 Å². The molecule has 2 aromatic carbocycles. The second-order valence-electron chi connectivity index (χ2n) is 6.63. The zero-order chi connectivity index (χ0) is 19.5. The molecule has 5 heteroatoms. The molecule has 0 aliphatic rings. The van der Waals surface area contributed by atoms with Gasteiger partial charge in [-0.25, -0.2) is 4.98 Å². The van der Waals surface area contributed by atoms with E-state index in [1.54, 1.807) is 7.11 Å². The maximum absolute atomic E-state index is 12.7. The Balaban J connectivity index is 1.62. The number of nitrogens with zero attached hydrogens (tertiary/aromatic N) is 2. The Hall–Kier alpha value is -3.60. The lowest BCUT2D eigenvalue weighted by Crippen LogP contribution is -2.15. The molecule has 4 aromatic rings. The van der Waals surface area contributed by atoms with Gasteiger partial charge in [-0.2, -0.15) is 0 Å². The van der Waals surface area contributed by atoms with Crippen LogP contribution >= 0.6 is 0 Å². The Labute approximate surface area is 163 Å². The van der Waals surface area contributed by atoms with Crippen LogP contribution in [0.1, 0.15) is 11.1 Å². The van der Waals surface area contributed by atoms with Crippen LogP contribution in [0.4, 0.5) is 5.69 Å². The Morgan fingerprint density at radius 3 is 2.68 bits per heavy atom. The van der Waals surface area contributed by atoms with Crippen LogP contribution < -0.4 is 10.1 Å². The van der Waals surface area contributed by atoms with Crippen molar-refractivity contribution in [3.8, 4) is 17.0 Å². The number of aryl methyl sites for hydroxylation is 1. The average molecular weight is 371 g/mol. The van der Waals surface area contributed by atoms with Crippen LogP contribution in [-0.4, -0.2) is 22.4 Å². The van der Waals surface area contributed by atoms with Crippen LogP contribution in [0, 0.1) is 6.92 Å². The number of ether oxygens (including phenoxy) is 1. The number of carbonyl (C=O) groups is 1. The van der Waals surface area contributed by atoms with Gasteiger partial charge in [-0.15, -0.1) is 0 Å². The molecule has 0 atom stereocenters. The largest absolute Gasteiger partial charge is 0.496 e. The highest BCUT2D eigenvalue weighted by molar-refractivity contribution is 5.96. The van der Waals surface area contributed by atoms with E-state index in [1.165, 1.54) is 0 Å². The molecule has 4 rings (SSSR count). The lowest BCUT2D eigenvalue weighted by atomic mass is 10.1. The summed E-state index contributed by atoms with van der Waals surface area (Å²) in [5.41, 5.74) is 5.31. The molecule has 0 saturated heterocycles. The number of imidazole rings is 1. The number of rotatable bonds is 5.